The van der Waals surface area contributed by atoms with E-state index >= 15 is 0 Å². The van der Waals surface area contributed by atoms with E-state index in [1.54, 1.807) is 4.90 Å². The van der Waals surface area contributed by atoms with Gasteiger partial charge >= 0.3 is 12.0 Å². The molecule has 0 aromatic heterocycles. The van der Waals surface area contributed by atoms with Crippen molar-refractivity contribution in [3.8, 4) is 0 Å². The summed E-state index contributed by atoms with van der Waals surface area (Å²) >= 11 is 0. The van der Waals surface area contributed by atoms with Crippen LogP contribution in [0.3, 0.4) is 0 Å². The molecule has 2 aliphatic heterocycles. The number of hydroxylamine groups is 2. The molecule has 0 radical (unpaired) electrons. The van der Waals surface area contributed by atoms with Crippen LogP contribution in [0.5, 0.6) is 0 Å². The Hall–Kier alpha value is -2.86. The number of benzene rings is 2. The molecule has 2 aromatic rings. The molecule has 3 fully saturated rings. The Balaban J connectivity index is 1.28. The van der Waals surface area contributed by atoms with Gasteiger partial charge in [-0.05, 0) is 35.8 Å². The maximum Gasteiger partial charge on any atom is 0.345 e. The minimum absolute atomic E-state index is 0.0110. The van der Waals surface area contributed by atoms with Gasteiger partial charge in [0.05, 0.1) is 6.04 Å². The zero-order valence-electron chi connectivity index (χ0n) is 16.2. The van der Waals surface area contributed by atoms with Gasteiger partial charge in [0.25, 0.3) is 0 Å². The first-order valence-electron chi connectivity index (χ1n) is 10.1. The number of carbonyl (C=O) groups is 2. The molecule has 1 aliphatic carbocycles. The zero-order valence-corrected chi connectivity index (χ0v) is 16.2. The number of carbonyl (C=O) groups excluding carboxylic acids is 2. The number of amides is 2. The van der Waals surface area contributed by atoms with Crippen LogP contribution < -0.4 is 0 Å². The van der Waals surface area contributed by atoms with E-state index in [4.69, 9.17) is 9.57 Å². The first kappa shape index (κ1) is 18.2. The maximum atomic E-state index is 13.0. The summed E-state index contributed by atoms with van der Waals surface area (Å²) in [7, 11) is 0. The van der Waals surface area contributed by atoms with Crippen molar-refractivity contribution >= 4 is 12.0 Å². The van der Waals surface area contributed by atoms with Gasteiger partial charge in [0.15, 0.2) is 0 Å². The van der Waals surface area contributed by atoms with Gasteiger partial charge in [-0.1, -0.05) is 60.7 Å². The van der Waals surface area contributed by atoms with Crippen LogP contribution in [0.15, 0.2) is 60.7 Å². The molecule has 3 aliphatic rings. The molecule has 2 bridgehead atoms. The molecule has 5 rings (SSSR count). The van der Waals surface area contributed by atoms with Crippen molar-refractivity contribution in [3.63, 3.8) is 0 Å². The summed E-state index contributed by atoms with van der Waals surface area (Å²) in [6.45, 7) is 1.09. The van der Waals surface area contributed by atoms with Crippen molar-refractivity contribution in [2.24, 2.45) is 5.41 Å². The van der Waals surface area contributed by atoms with Crippen LogP contribution in [0, 0.1) is 5.41 Å². The SMILES string of the molecule is O=C(OCc1ccccc1)[C@H]1CC2(CC2)[C@@H]2CN1C(=O)N2OCc1ccccc1. The molecule has 29 heavy (non-hydrogen) atoms. The monoisotopic (exact) mass is 392 g/mol. The minimum atomic E-state index is -0.532. The summed E-state index contributed by atoms with van der Waals surface area (Å²) in [5.41, 5.74) is 1.94. The molecule has 6 nitrogen and oxygen atoms in total. The number of urea groups is 1. The van der Waals surface area contributed by atoms with E-state index in [1.165, 1.54) is 5.06 Å². The lowest BCUT2D eigenvalue weighted by Crippen LogP contribution is -2.49. The average molecular weight is 392 g/mol. The standard InChI is InChI=1S/C23H24N2O4/c26-21(28-15-17-7-3-1-4-8-17)19-13-23(11-12-23)20-14-24(19)22(27)25(20)29-16-18-9-5-2-6-10-18/h1-10,19-20H,11-16H2/t19-,20+/m1/s1. The summed E-state index contributed by atoms with van der Waals surface area (Å²) in [5.74, 6) is -0.322. The van der Waals surface area contributed by atoms with Crippen molar-refractivity contribution in [1.82, 2.24) is 9.96 Å². The van der Waals surface area contributed by atoms with Crippen LogP contribution in [0.4, 0.5) is 4.79 Å². The predicted molar refractivity (Wildman–Crippen MR) is 105 cm³/mol. The third-order valence-electron chi connectivity index (χ3n) is 6.37. The van der Waals surface area contributed by atoms with Crippen molar-refractivity contribution in [2.75, 3.05) is 6.54 Å². The number of rotatable bonds is 6. The van der Waals surface area contributed by atoms with Crippen LogP contribution >= 0.6 is 0 Å². The largest absolute Gasteiger partial charge is 0.459 e. The van der Waals surface area contributed by atoms with Crippen molar-refractivity contribution < 1.29 is 19.2 Å². The Labute approximate surface area is 170 Å². The number of ether oxygens (including phenoxy) is 1. The van der Waals surface area contributed by atoms with E-state index in [-0.39, 0.29) is 30.1 Å². The number of hydrogen-bond acceptors (Lipinski definition) is 4. The normalized spacial score (nSPS) is 24.1. The first-order chi connectivity index (χ1) is 14.2. The maximum absolute atomic E-state index is 13.0. The molecule has 1 spiro atoms. The number of fused-ring (bicyclic) bond motifs is 3. The van der Waals surface area contributed by atoms with E-state index < -0.39 is 6.04 Å². The van der Waals surface area contributed by atoms with E-state index in [1.807, 2.05) is 60.7 Å². The molecule has 2 amide bonds. The van der Waals surface area contributed by atoms with Gasteiger partial charge in [-0.15, -0.1) is 0 Å². The van der Waals surface area contributed by atoms with Gasteiger partial charge < -0.3 is 9.64 Å². The Morgan fingerprint density at radius 3 is 2.21 bits per heavy atom. The van der Waals surface area contributed by atoms with Gasteiger partial charge in [0.1, 0.15) is 19.3 Å². The summed E-state index contributed by atoms with van der Waals surface area (Å²) < 4.78 is 5.56. The summed E-state index contributed by atoms with van der Waals surface area (Å²) in [5, 5.41) is 1.52. The lowest BCUT2D eigenvalue weighted by molar-refractivity contribution is -0.157. The summed E-state index contributed by atoms with van der Waals surface area (Å²) in [4.78, 5) is 33.4. The van der Waals surface area contributed by atoms with E-state index in [2.05, 4.69) is 0 Å². The average Bonchev–Trinajstić information content (AvgIpc) is 3.47. The highest BCUT2D eigenvalue weighted by Crippen LogP contribution is 2.59. The third-order valence-corrected chi connectivity index (χ3v) is 6.37. The highest BCUT2D eigenvalue weighted by atomic mass is 16.7. The van der Waals surface area contributed by atoms with Crippen LogP contribution in [0.25, 0.3) is 0 Å². The smallest absolute Gasteiger partial charge is 0.345 e. The highest BCUT2D eigenvalue weighted by Gasteiger charge is 2.64. The molecular weight excluding hydrogens is 368 g/mol. The molecule has 1 saturated carbocycles. The van der Waals surface area contributed by atoms with E-state index in [9.17, 15) is 9.59 Å². The summed E-state index contributed by atoms with van der Waals surface area (Å²) in [6.07, 6.45) is 2.70. The van der Waals surface area contributed by atoms with Crippen molar-refractivity contribution in [2.45, 2.75) is 44.6 Å². The van der Waals surface area contributed by atoms with Crippen molar-refractivity contribution in [1.29, 1.82) is 0 Å². The molecule has 0 unspecified atom stereocenters. The van der Waals surface area contributed by atoms with Gasteiger partial charge in [0.2, 0.25) is 0 Å². The Morgan fingerprint density at radius 2 is 1.59 bits per heavy atom. The van der Waals surface area contributed by atoms with Gasteiger partial charge in [-0.3, -0.25) is 4.84 Å². The minimum Gasteiger partial charge on any atom is -0.459 e. The zero-order chi connectivity index (χ0) is 19.8. The van der Waals surface area contributed by atoms with Crippen LogP contribution in [-0.4, -0.2) is 40.6 Å². The lowest BCUT2D eigenvalue weighted by Gasteiger charge is -2.35. The second kappa shape index (κ2) is 7.19. The molecule has 150 valence electrons. The Morgan fingerprint density at radius 1 is 0.966 bits per heavy atom. The van der Waals surface area contributed by atoms with Crippen molar-refractivity contribution in [3.05, 3.63) is 71.8 Å². The third kappa shape index (κ3) is 3.38. The van der Waals surface area contributed by atoms with Gasteiger partial charge in [-0.25, -0.2) is 9.59 Å². The van der Waals surface area contributed by atoms with Crippen LogP contribution in [0.2, 0.25) is 0 Å². The molecular formula is C23H24N2O4. The molecule has 2 heterocycles. The molecule has 0 N–H and O–H groups in total. The number of esters is 1. The van der Waals surface area contributed by atoms with Crippen LogP contribution in [0.1, 0.15) is 30.4 Å². The van der Waals surface area contributed by atoms with E-state index in [0.29, 0.717) is 19.6 Å². The first-order valence-corrected chi connectivity index (χ1v) is 10.1. The fraction of sp³-hybridized carbons (Fsp3) is 0.391. The summed E-state index contributed by atoms with van der Waals surface area (Å²) in [6, 6.07) is 18.7. The van der Waals surface area contributed by atoms with E-state index in [0.717, 1.165) is 24.0 Å². The quantitative estimate of drug-likeness (QED) is 0.706. The topological polar surface area (TPSA) is 59.1 Å². The lowest BCUT2D eigenvalue weighted by atomic mass is 9.85. The van der Waals surface area contributed by atoms with Gasteiger partial charge in [-0.2, -0.15) is 5.06 Å². The number of piperidine rings is 1. The fourth-order valence-corrected chi connectivity index (χ4v) is 4.53. The fourth-order valence-electron chi connectivity index (χ4n) is 4.53. The van der Waals surface area contributed by atoms with Crippen LogP contribution in [-0.2, 0) is 27.6 Å². The molecule has 2 atom stereocenters. The molecule has 6 heteroatoms. The molecule has 2 aromatic carbocycles. The number of hydrogen-bond donors (Lipinski definition) is 0. The Bertz CT molecular complexity index is 898. The van der Waals surface area contributed by atoms with Gasteiger partial charge in [0, 0.05) is 6.54 Å². The highest BCUT2D eigenvalue weighted by molar-refractivity contribution is 5.86. The second-order valence-corrected chi connectivity index (χ2v) is 8.21. The predicted octanol–water partition coefficient (Wildman–Crippen LogP) is 3.52. The second-order valence-electron chi connectivity index (χ2n) is 8.21. The Kier molecular flexibility index (Phi) is 4.51. The molecule has 2 saturated heterocycles. The number of nitrogens with zero attached hydrogens (tertiary/aromatic N) is 2.